The molecule has 80 valence electrons. The number of pyridine rings is 1. The predicted molar refractivity (Wildman–Crippen MR) is 63.3 cm³/mol. The van der Waals surface area contributed by atoms with E-state index in [0.717, 1.165) is 5.56 Å². The Bertz CT molecular complexity index is 487. The van der Waals surface area contributed by atoms with Crippen molar-refractivity contribution in [3.63, 3.8) is 0 Å². The first-order valence-electron chi connectivity index (χ1n) is 4.99. The van der Waals surface area contributed by atoms with E-state index in [-0.39, 0.29) is 5.78 Å². The Balaban J connectivity index is 2.39. The number of anilines is 1. The van der Waals surface area contributed by atoms with Crippen LogP contribution < -0.4 is 5.73 Å². The molecule has 0 radical (unpaired) electrons. The van der Waals surface area contributed by atoms with Gasteiger partial charge in [-0.25, -0.2) is 0 Å². The molecule has 2 aromatic rings. The molecule has 3 nitrogen and oxygen atoms in total. The van der Waals surface area contributed by atoms with E-state index in [4.69, 9.17) is 5.73 Å². The zero-order valence-electron chi connectivity index (χ0n) is 8.97. The molecule has 0 aliphatic rings. The van der Waals surface area contributed by atoms with E-state index >= 15 is 0 Å². The van der Waals surface area contributed by atoms with Crippen LogP contribution in [0.4, 0.5) is 5.69 Å². The molecule has 0 fully saturated rings. The van der Waals surface area contributed by atoms with Crippen LogP contribution in [0.2, 0.25) is 0 Å². The number of hydrogen-bond donors (Lipinski definition) is 1. The van der Waals surface area contributed by atoms with Crippen molar-refractivity contribution in [2.24, 2.45) is 0 Å². The Labute approximate surface area is 93.9 Å². The fourth-order valence-corrected chi connectivity index (χ4v) is 1.53. The van der Waals surface area contributed by atoms with Crippen LogP contribution in [-0.4, -0.2) is 10.8 Å². The maximum atomic E-state index is 12.1. The average molecular weight is 212 g/mol. The van der Waals surface area contributed by atoms with E-state index in [1.165, 1.54) is 0 Å². The molecule has 1 heterocycles. The highest BCUT2D eigenvalue weighted by Crippen LogP contribution is 2.12. The highest BCUT2D eigenvalue weighted by molar-refractivity contribution is 6.09. The number of benzene rings is 1. The molecule has 1 aromatic heterocycles. The summed E-state index contributed by atoms with van der Waals surface area (Å²) in [7, 11) is 0. The first-order valence-corrected chi connectivity index (χ1v) is 4.99. The first kappa shape index (κ1) is 10.4. The Morgan fingerprint density at radius 1 is 1.19 bits per heavy atom. The summed E-state index contributed by atoms with van der Waals surface area (Å²) in [6, 6.07) is 8.77. The van der Waals surface area contributed by atoms with Crippen LogP contribution in [0.3, 0.4) is 0 Å². The fourth-order valence-electron chi connectivity index (χ4n) is 1.53. The molecule has 0 amide bonds. The fraction of sp³-hybridized carbons (Fsp3) is 0.0769. The third kappa shape index (κ3) is 2.08. The molecule has 0 aliphatic carbocycles. The molecule has 0 aliphatic heterocycles. The van der Waals surface area contributed by atoms with Crippen LogP contribution in [0.15, 0.2) is 42.7 Å². The lowest BCUT2D eigenvalue weighted by Gasteiger charge is -2.02. The zero-order chi connectivity index (χ0) is 11.5. The minimum atomic E-state index is -0.0523. The standard InChI is InChI=1S/C13H12N2O/c1-9-5-11(8-15-7-9)13(16)10-3-2-4-12(14)6-10/h2-8H,14H2,1H3. The molecule has 2 N–H and O–H groups in total. The van der Waals surface area contributed by atoms with E-state index in [0.29, 0.717) is 16.8 Å². The van der Waals surface area contributed by atoms with Crippen LogP contribution in [-0.2, 0) is 0 Å². The van der Waals surface area contributed by atoms with Crippen molar-refractivity contribution in [1.82, 2.24) is 4.98 Å². The van der Waals surface area contributed by atoms with Gasteiger partial charge in [0.2, 0.25) is 0 Å². The van der Waals surface area contributed by atoms with Gasteiger partial charge in [-0.1, -0.05) is 12.1 Å². The van der Waals surface area contributed by atoms with Gasteiger partial charge < -0.3 is 5.73 Å². The molecular weight excluding hydrogens is 200 g/mol. The number of carbonyl (C=O) groups is 1. The molecule has 3 heteroatoms. The molecule has 0 atom stereocenters. The van der Waals surface area contributed by atoms with Gasteiger partial charge in [0, 0.05) is 29.2 Å². The number of aromatic nitrogens is 1. The molecule has 16 heavy (non-hydrogen) atoms. The Kier molecular flexibility index (Phi) is 2.68. The van der Waals surface area contributed by atoms with Crippen molar-refractivity contribution in [3.05, 3.63) is 59.4 Å². The van der Waals surface area contributed by atoms with Gasteiger partial charge in [-0.2, -0.15) is 0 Å². The highest BCUT2D eigenvalue weighted by Gasteiger charge is 2.09. The van der Waals surface area contributed by atoms with Crippen molar-refractivity contribution >= 4 is 11.5 Å². The SMILES string of the molecule is Cc1cncc(C(=O)c2cccc(N)c2)c1. The van der Waals surface area contributed by atoms with Gasteiger partial charge in [-0.3, -0.25) is 9.78 Å². The topological polar surface area (TPSA) is 56.0 Å². The lowest BCUT2D eigenvalue weighted by atomic mass is 10.0. The summed E-state index contributed by atoms with van der Waals surface area (Å²) in [4.78, 5) is 16.1. The quantitative estimate of drug-likeness (QED) is 0.613. The van der Waals surface area contributed by atoms with Crippen molar-refractivity contribution in [1.29, 1.82) is 0 Å². The predicted octanol–water partition coefficient (Wildman–Crippen LogP) is 2.20. The van der Waals surface area contributed by atoms with E-state index in [1.807, 2.05) is 13.0 Å². The highest BCUT2D eigenvalue weighted by atomic mass is 16.1. The molecule has 0 saturated heterocycles. The average Bonchev–Trinajstić information content (AvgIpc) is 2.28. The normalized spacial score (nSPS) is 10.1. The van der Waals surface area contributed by atoms with Gasteiger partial charge >= 0.3 is 0 Å². The number of ketones is 1. The number of hydrogen-bond acceptors (Lipinski definition) is 3. The van der Waals surface area contributed by atoms with Crippen molar-refractivity contribution in [2.45, 2.75) is 6.92 Å². The van der Waals surface area contributed by atoms with Crippen molar-refractivity contribution < 1.29 is 4.79 Å². The van der Waals surface area contributed by atoms with Crippen molar-refractivity contribution in [2.75, 3.05) is 5.73 Å². The lowest BCUT2D eigenvalue weighted by molar-refractivity contribution is 0.103. The third-order valence-electron chi connectivity index (χ3n) is 2.29. The van der Waals surface area contributed by atoms with E-state index in [2.05, 4.69) is 4.98 Å². The summed E-state index contributed by atoms with van der Waals surface area (Å²) >= 11 is 0. The third-order valence-corrected chi connectivity index (χ3v) is 2.29. The van der Waals surface area contributed by atoms with Gasteiger partial charge in [0.05, 0.1) is 0 Å². The molecule has 2 rings (SSSR count). The van der Waals surface area contributed by atoms with Gasteiger partial charge in [-0.05, 0) is 30.7 Å². The number of nitrogen functional groups attached to an aromatic ring is 1. The second-order valence-electron chi connectivity index (χ2n) is 3.71. The van der Waals surface area contributed by atoms with Gasteiger partial charge in [0.1, 0.15) is 0 Å². The van der Waals surface area contributed by atoms with Crippen molar-refractivity contribution in [3.8, 4) is 0 Å². The van der Waals surface area contributed by atoms with Gasteiger partial charge in [0.25, 0.3) is 0 Å². The number of rotatable bonds is 2. The van der Waals surface area contributed by atoms with Gasteiger partial charge in [-0.15, -0.1) is 0 Å². The molecule has 1 aromatic carbocycles. The summed E-state index contributed by atoms with van der Waals surface area (Å²) in [6.45, 7) is 1.91. The Hall–Kier alpha value is -2.16. The maximum Gasteiger partial charge on any atom is 0.194 e. The summed E-state index contributed by atoms with van der Waals surface area (Å²) in [5, 5.41) is 0. The lowest BCUT2D eigenvalue weighted by Crippen LogP contribution is -2.02. The minimum absolute atomic E-state index is 0.0523. The largest absolute Gasteiger partial charge is 0.399 e. The van der Waals surface area contributed by atoms with Crippen LogP contribution in [0.1, 0.15) is 21.5 Å². The summed E-state index contributed by atoms with van der Waals surface area (Å²) in [5.41, 5.74) is 8.37. The zero-order valence-corrected chi connectivity index (χ0v) is 8.97. The van der Waals surface area contributed by atoms with Crippen LogP contribution in [0.25, 0.3) is 0 Å². The molecule has 0 bridgehead atoms. The number of nitrogens with two attached hydrogens (primary N) is 1. The van der Waals surface area contributed by atoms with Gasteiger partial charge in [0.15, 0.2) is 5.78 Å². The molecule has 0 saturated carbocycles. The minimum Gasteiger partial charge on any atom is -0.399 e. The summed E-state index contributed by atoms with van der Waals surface area (Å²) in [5.74, 6) is -0.0523. The smallest absolute Gasteiger partial charge is 0.194 e. The number of aryl methyl sites for hydroxylation is 1. The van der Waals surface area contributed by atoms with Crippen LogP contribution >= 0.6 is 0 Å². The molecule has 0 spiro atoms. The van der Waals surface area contributed by atoms with E-state index in [1.54, 1.807) is 36.7 Å². The Morgan fingerprint density at radius 2 is 2.00 bits per heavy atom. The maximum absolute atomic E-state index is 12.1. The van der Waals surface area contributed by atoms with E-state index in [9.17, 15) is 4.79 Å². The summed E-state index contributed by atoms with van der Waals surface area (Å²) < 4.78 is 0. The second-order valence-corrected chi connectivity index (χ2v) is 3.71. The van der Waals surface area contributed by atoms with Crippen LogP contribution in [0.5, 0.6) is 0 Å². The first-order chi connectivity index (χ1) is 7.66. The monoisotopic (exact) mass is 212 g/mol. The molecule has 0 unspecified atom stereocenters. The molecular formula is C13H12N2O. The Morgan fingerprint density at radius 3 is 2.69 bits per heavy atom. The summed E-state index contributed by atoms with van der Waals surface area (Å²) in [6.07, 6.45) is 3.29. The van der Waals surface area contributed by atoms with Crippen LogP contribution in [0, 0.1) is 6.92 Å². The number of nitrogens with zero attached hydrogens (tertiary/aromatic N) is 1. The second kappa shape index (κ2) is 4.14. The number of carbonyl (C=O) groups excluding carboxylic acids is 1. The van der Waals surface area contributed by atoms with E-state index < -0.39 is 0 Å².